The molecule has 0 unspecified atom stereocenters. The van der Waals surface area contributed by atoms with E-state index in [0.717, 1.165) is 56.3 Å². The van der Waals surface area contributed by atoms with Crippen LogP contribution in [0.3, 0.4) is 0 Å². The smallest absolute Gasteiger partial charge is 0.211 e. The predicted molar refractivity (Wildman–Crippen MR) is 313 cm³/mol. The first-order valence-electron chi connectivity index (χ1n) is 31.7. The fourth-order valence-electron chi connectivity index (χ4n) is 11.4. The predicted octanol–water partition coefficient (Wildman–Crippen LogP) is 23.5. The Hall–Kier alpha value is -2.48. The van der Waals surface area contributed by atoms with E-state index in [2.05, 4.69) is 77.9 Å². The lowest BCUT2D eigenvalue weighted by Crippen LogP contribution is -2.05. The van der Waals surface area contributed by atoms with Crippen molar-refractivity contribution >= 4 is 11.4 Å². The van der Waals surface area contributed by atoms with Crippen molar-refractivity contribution in [3.05, 3.63) is 86.5 Å². The van der Waals surface area contributed by atoms with Crippen LogP contribution in [0.5, 0.6) is 0 Å². The van der Waals surface area contributed by atoms with Gasteiger partial charge in [0, 0.05) is 22.3 Å². The fraction of sp³-hybridized carbons (Fsp3) is 0.765. The molecular formula is C68H116N2. The van der Waals surface area contributed by atoms with Crippen LogP contribution >= 0.6 is 0 Å². The molecule has 1 aliphatic rings. The minimum absolute atomic E-state index is 1.04. The van der Waals surface area contributed by atoms with Gasteiger partial charge in [-0.1, -0.05) is 272 Å². The van der Waals surface area contributed by atoms with E-state index in [4.69, 9.17) is 0 Å². The van der Waals surface area contributed by atoms with E-state index in [0.29, 0.717) is 0 Å². The monoisotopic (exact) mass is 961 g/mol. The van der Waals surface area contributed by atoms with Crippen molar-refractivity contribution in [2.75, 3.05) is 0 Å². The van der Waals surface area contributed by atoms with Crippen LogP contribution in [0.1, 0.15) is 345 Å². The number of hydrogen-bond donors (Lipinski definition) is 0. The van der Waals surface area contributed by atoms with Crippen LogP contribution in [-0.4, -0.2) is 4.70 Å². The summed E-state index contributed by atoms with van der Waals surface area (Å²) in [6, 6.07) is 14.9. The number of unbranched alkanes of at least 4 members (excludes halogenated alkanes) is 34. The average molecular weight is 962 g/mol. The van der Waals surface area contributed by atoms with Gasteiger partial charge in [-0.3, -0.25) is 0 Å². The van der Waals surface area contributed by atoms with Gasteiger partial charge in [0.15, 0.2) is 0 Å². The maximum absolute atomic E-state index is 12.9. The van der Waals surface area contributed by atoms with Gasteiger partial charge in [0.1, 0.15) is 0 Å². The normalized spacial score (nSPS) is 13.0. The van der Waals surface area contributed by atoms with Crippen molar-refractivity contribution in [3.63, 3.8) is 0 Å². The molecule has 2 aromatic carbocycles. The Morgan fingerprint density at radius 2 is 0.443 bits per heavy atom. The highest BCUT2D eigenvalue weighted by Crippen LogP contribution is 2.45. The molecule has 2 heteroatoms. The van der Waals surface area contributed by atoms with Gasteiger partial charge in [-0.15, -0.1) is 0 Å². The second-order valence-electron chi connectivity index (χ2n) is 22.6. The van der Waals surface area contributed by atoms with Crippen LogP contribution in [0.15, 0.2) is 47.5 Å². The molecule has 1 heterocycles. The number of hydrogen-bond acceptors (Lipinski definition) is 0. The zero-order valence-corrected chi connectivity index (χ0v) is 47.9. The molecule has 0 radical (unpaired) electrons. The summed E-state index contributed by atoms with van der Waals surface area (Å²) in [5, 5.41) is 0. The zero-order chi connectivity index (χ0) is 50.1. The first-order valence-corrected chi connectivity index (χ1v) is 31.7. The van der Waals surface area contributed by atoms with Gasteiger partial charge in [0.25, 0.3) is 0 Å². The van der Waals surface area contributed by atoms with E-state index in [9.17, 15) is 5.53 Å². The largest absolute Gasteiger partial charge is 0.493 e. The summed E-state index contributed by atoms with van der Waals surface area (Å²) in [4.78, 5) is 0. The molecule has 0 bridgehead atoms. The SMILES string of the molecule is CCCCCCCCCCCCCCCCCCCCCCCCC1=C(c2cc(CCCC)cc(CCCC)c2)[N+](=[N-])C(c2cc(CCCCCCCC)cc(CCCCCCCC)c2)=C1CCCC. The molecule has 1 aliphatic heterocycles. The first kappa shape index (κ1) is 61.8. The summed E-state index contributed by atoms with van der Waals surface area (Å²) >= 11 is 0. The average Bonchev–Trinajstić information content (AvgIpc) is 3.65. The molecule has 0 fully saturated rings. The standard InChI is InChI=1S/C68H116N2/c1-7-13-19-22-25-26-27-28-29-30-31-32-33-34-35-36-37-38-39-40-43-46-52-66-65(51-18-12-6)67(70(69)68(66)63-55-59(47-16-10-4)53-60(56-63)48-17-11-5)64-57-61(49-44-41-23-20-14-8-2)54-62(58-64)50-45-42-24-21-15-9-3/h53-58H,7-52H2,1-6H3. The molecule has 0 saturated carbocycles. The Balaban J connectivity index is 1.72. The molecule has 0 spiro atoms. The molecule has 0 saturated heterocycles. The van der Waals surface area contributed by atoms with Gasteiger partial charge in [-0.05, 0) is 124 Å². The summed E-state index contributed by atoms with van der Waals surface area (Å²) in [5.41, 5.74) is 26.3. The Bertz CT molecular complexity index is 1610. The second-order valence-corrected chi connectivity index (χ2v) is 22.6. The van der Waals surface area contributed by atoms with Gasteiger partial charge in [-0.25, -0.2) is 4.70 Å². The third kappa shape index (κ3) is 26.5. The number of allylic oxidation sites excluding steroid dienone is 2. The van der Waals surface area contributed by atoms with E-state index in [1.807, 2.05) is 0 Å². The van der Waals surface area contributed by atoms with Crippen molar-refractivity contribution in [2.24, 2.45) is 0 Å². The molecule has 70 heavy (non-hydrogen) atoms. The molecule has 398 valence electrons. The molecular weight excluding hydrogens is 845 g/mol. The molecule has 2 aromatic rings. The van der Waals surface area contributed by atoms with Gasteiger partial charge in [0.05, 0.1) is 0 Å². The lowest BCUT2D eigenvalue weighted by molar-refractivity contribution is -0.345. The van der Waals surface area contributed by atoms with Crippen LogP contribution in [0.25, 0.3) is 16.9 Å². The molecule has 0 amide bonds. The summed E-state index contributed by atoms with van der Waals surface area (Å²) in [6.45, 7) is 13.9. The molecule has 0 aliphatic carbocycles. The highest BCUT2D eigenvalue weighted by atomic mass is 15.2. The topological polar surface area (TPSA) is 25.3 Å². The van der Waals surface area contributed by atoms with Crippen molar-refractivity contribution in [2.45, 2.75) is 337 Å². The molecule has 0 N–H and O–H groups in total. The van der Waals surface area contributed by atoms with Gasteiger partial charge < -0.3 is 5.53 Å². The Morgan fingerprint density at radius 1 is 0.243 bits per heavy atom. The second kappa shape index (κ2) is 41.9. The quantitative estimate of drug-likeness (QED) is 0.0467. The lowest BCUT2D eigenvalue weighted by Gasteiger charge is -2.15. The van der Waals surface area contributed by atoms with Gasteiger partial charge >= 0.3 is 0 Å². The van der Waals surface area contributed by atoms with E-state index >= 15 is 0 Å². The van der Waals surface area contributed by atoms with Crippen molar-refractivity contribution in [1.29, 1.82) is 0 Å². The molecule has 0 atom stereocenters. The Kier molecular flexibility index (Phi) is 37.0. The summed E-state index contributed by atoms with van der Waals surface area (Å²) in [7, 11) is 0. The first-order chi connectivity index (χ1) is 34.5. The van der Waals surface area contributed by atoms with Crippen LogP contribution in [-0.2, 0) is 25.7 Å². The van der Waals surface area contributed by atoms with Crippen molar-refractivity contribution in [1.82, 2.24) is 0 Å². The van der Waals surface area contributed by atoms with Crippen molar-refractivity contribution < 1.29 is 4.70 Å². The fourth-order valence-corrected chi connectivity index (χ4v) is 11.4. The number of rotatable bonds is 48. The zero-order valence-electron chi connectivity index (χ0n) is 47.9. The van der Waals surface area contributed by atoms with E-state index < -0.39 is 0 Å². The Labute approximate surface area is 437 Å². The third-order valence-corrected chi connectivity index (χ3v) is 15.8. The molecule has 2 nitrogen and oxygen atoms in total. The maximum Gasteiger partial charge on any atom is 0.211 e. The summed E-state index contributed by atoms with van der Waals surface area (Å²) < 4.78 is 1.72. The minimum atomic E-state index is 1.04. The van der Waals surface area contributed by atoms with Crippen LogP contribution in [0.2, 0.25) is 0 Å². The van der Waals surface area contributed by atoms with Crippen molar-refractivity contribution in [3.8, 4) is 0 Å². The van der Waals surface area contributed by atoms with Crippen LogP contribution in [0, 0.1) is 0 Å². The lowest BCUT2D eigenvalue weighted by atomic mass is 9.89. The summed E-state index contributed by atoms with van der Waals surface area (Å²) in [6.07, 6.45) is 60.8. The summed E-state index contributed by atoms with van der Waals surface area (Å²) in [5.74, 6) is 0. The molecule has 3 rings (SSSR count). The highest BCUT2D eigenvalue weighted by Gasteiger charge is 2.36. The third-order valence-electron chi connectivity index (χ3n) is 15.8. The van der Waals surface area contributed by atoms with Gasteiger partial charge in [0.2, 0.25) is 11.4 Å². The van der Waals surface area contributed by atoms with Crippen LogP contribution < -0.4 is 0 Å². The van der Waals surface area contributed by atoms with E-state index in [1.54, 1.807) is 4.70 Å². The van der Waals surface area contributed by atoms with E-state index in [-0.39, 0.29) is 0 Å². The number of nitrogens with zero attached hydrogens (tertiary/aromatic N) is 2. The molecule has 0 aromatic heterocycles. The number of aryl methyl sites for hydroxylation is 4. The Morgan fingerprint density at radius 3 is 0.714 bits per heavy atom. The highest BCUT2D eigenvalue weighted by molar-refractivity contribution is 5.82. The number of benzene rings is 2. The maximum atomic E-state index is 12.9. The van der Waals surface area contributed by atoms with E-state index in [1.165, 1.54) is 295 Å². The minimum Gasteiger partial charge on any atom is -0.493 e. The van der Waals surface area contributed by atoms with Crippen LogP contribution in [0.4, 0.5) is 0 Å². The van der Waals surface area contributed by atoms with Gasteiger partial charge in [-0.2, -0.15) is 0 Å².